The van der Waals surface area contributed by atoms with Crippen molar-refractivity contribution in [3.63, 3.8) is 0 Å². The van der Waals surface area contributed by atoms with Gasteiger partial charge in [0.2, 0.25) is 11.8 Å². The normalized spacial score (nSPS) is 21.3. The molecule has 3 amide bonds. The van der Waals surface area contributed by atoms with Gasteiger partial charge in [0, 0.05) is 31.6 Å². The molecule has 0 radical (unpaired) electrons. The lowest BCUT2D eigenvalue weighted by atomic mass is 9.94. The van der Waals surface area contributed by atoms with Crippen molar-refractivity contribution in [1.82, 2.24) is 15.5 Å². The quantitative estimate of drug-likeness (QED) is 0.690. The van der Waals surface area contributed by atoms with Crippen molar-refractivity contribution in [2.45, 2.75) is 58.3 Å². The van der Waals surface area contributed by atoms with Crippen LogP contribution in [0.1, 0.15) is 53.2 Å². The topological polar surface area (TPSA) is 90.5 Å². The molecule has 0 bridgehead atoms. The lowest BCUT2D eigenvalue weighted by Gasteiger charge is -2.40. The van der Waals surface area contributed by atoms with E-state index in [9.17, 15) is 14.4 Å². The standard InChI is InChI=1S/C25H30N4O3/c1-16-4-7-19(8-5-16)15-26-23(31)18(3)29-13-12-25(11-10-22(29)30)27-21-14-17(2)6-9-20(21)24(32)28-25/h4-9,14,18,27H,10-13,15H2,1-3H3,(H,26,31)(H,28,32)/t18-,25-/m1/s1. The number of carbonyl (C=O) groups is 3. The van der Waals surface area contributed by atoms with Crippen LogP contribution >= 0.6 is 0 Å². The van der Waals surface area contributed by atoms with Crippen molar-refractivity contribution in [3.8, 4) is 0 Å². The summed E-state index contributed by atoms with van der Waals surface area (Å²) in [5.74, 6) is -0.397. The summed E-state index contributed by atoms with van der Waals surface area (Å²) in [7, 11) is 0. The van der Waals surface area contributed by atoms with Crippen molar-refractivity contribution in [2.24, 2.45) is 0 Å². The molecule has 1 spiro atoms. The molecule has 0 saturated carbocycles. The van der Waals surface area contributed by atoms with E-state index in [4.69, 9.17) is 0 Å². The molecule has 168 valence electrons. The van der Waals surface area contributed by atoms with Crippen LogP contribution in [0, 0.1) is 13.8 Å². The lowest BCUT2D eigenvalue weighted by molar-refractivity contribution is -0.139. The Bertz CT molecular complexity index is 1050. The number of nitrogens with one attached hydrogen (secondary N) is 3. The van der Waals surface area contributed by atoms with E-state index in [2.05, 4.69) is 16.0 Å². The van der Waals surface area contributed by atoms with Gasteiger partial charge >= 0.3 is 0 Å². The Balaban J connectivity index is 1.42. The molecule has 7 nitrogen and oxygen atoms in total. The maximum atomic E-state index is 12.9. The van der Waals surface area contributed by atoms with Gasteiger partial charge in [0.25, 0.3) is 5.91 Å². The van der Waals surface area contributed by atoms with Gasteiger partial charge in [0.05, 0.1) is 5.56 Å². The summed E-state index contributed by atoms with van der Waals surface area (Å²) in [5.41, 5.74) is 3.95. The summed E-state index contributed by atoms with van der Waals surface area (Å²) in [4.78, 5) is 40.0. The highest BCUT2D eigenvalue weighted by atomic mass is 16.2. The SMILES string of the molecule is Cc1ccc(CNC(=O)[C@@H](C)N2CC[C@@]3(CCC2=O)NC(=O)c2ccc(C)cc2N3)cc1. The van der Waals surface area contributed by atoms with Crippen molar-refractivity contribution >= 4 is 23.4 Å². The number of hydrogen-bond donors (Lipinski definition) is 3. The molecule has 2 aliphatic rings. The highest BCUT2D eigenvalue weighted by Gasteiger charge is 2.41. The van der Waals surface area contributed by atoms with E-state index in [1.54, 1.807) is 11.8 Å². The molecule has 32 heavy (non-hydrogen) atoms. The minimum atomic E-state index is -0.694. The van der Waals surface area contributed by atoms with Gasteiger partial charge < -0.3 is 20.9 Å². The molecule has 4 rings (SSSR count). The number of anilines is 1. The van der Waals surface area contributed by atoms with E-state index in [1.807, 2.05) is 56.3 Å². The third-order valence-electron chi connectivity index (χ3n) is 6.45. The van der Waals surface area contributed by atoms with Crippen LogP contribution in [0.5, 0.6) is 0 Å². The first-order valence-electron chi connectivity index (χ1n) is 11.1. The highest BCUT2D eigenvalue weighted by Crippen LogP contribution is 2.32. The summed E-state index contributed by atoms with van der Waals surface area (Å²) in [6.07, 6.45) is 1.25. The van der Waals surface area contributed by atoms with Gasteiger partial charge in [-0.3, -0.25) is 14.4 Å². The van der Waals surface area contributed by atoms with Gasteiger partial charge in [-0.25, -0.2) is 0 Å². The average molecular weight is 435 g/mol. The van der Waals surface area contributed by atoms with Crippen LogP contribution in [0.25, 0.3) is 0 Å². The Labute approximate surface area is 188 Å². The largest absolute Gasteiger partial charge is 0.362 e. The van der Waals surface area contributed by atoms with Crippen molar-refractivity contribution in [2.75, 3.05) is 11.9 Å². The third kappa shape index (κ3) is 4.47. The molecular formula is C25H30N4O3. The van der Waals surface area contributed by atoms with E-state index in [0.29, 0.717) is 31.5 Å². The third-order valence-corrected chi connectivity index (χ3v) is 6.45. The second-order valence-electron chi connectivity index (χ2n) is 8.93. The number of benzene rings is 2. The first-order chi connectivity index (χ1) is 15.3. The molecule has 7 heteroatoms. The highest BCUT2D eigenvalue weighted by molar-refractivity contribution is 6.02. The van der Waals surface area contributed by atoms with Gasteiger partial charge in [-0.05, 0) is 50.5 Å². The van der Waals surface area contributed by atoms with Gasteiger partial charge in [0.1, 0.15) is 11.7 Å². The Morgan fingerprint density at radius 3 is 2.53 bits per heavy atom. The average Bonchev–Trinajstić information content (AvgIpc) is 2.91. The molecule has 0 unspecified atom stereocenters. The predicted molar refractivity (Wildman–Crippen MR) is 123 cm³/mol. The van der Waals surface area contributed by atoms with Crippen LogP contribution < -0.4 is 16.0 Å². The number of carbonyl (C=O) groups excluding carboxylic acids is 3. The number of likely N-dealkylation sites (tertiary alicyclic amines) is 1. The number of fused-ring (bicyclic) bond motifs is 1. The minimum Gasteiger partial charge on any atom is -0.362 e. The zero-order valence-corrected chi connectivity index (χ0v) is 18.8. The van der Waals surface area contributed by atoms with Crippen molar-refractivity contribution in [1.29, 1.82) is 0 Å². The fraction of sp³-hybridized carbons (Fsp3) is 0.400. The maximum absolute atomic E-state index is 12.9. The van der Waals surface area contributed by atoms with Crippen LogP contribution in [-0.4, -0.2) is 40.9 Å². The smallest absolute Gasteiger partial charge is 0.255 e. The summed E-state index contributed by atoms with van der Waals surface area (Å²) in [6, 6.07) is 13.1. The van der Waals surface area contributed by atoms with Crippen molar-refractivity contribution in [3.05, 3.63) is 64.7 Å². The Morgan fingerprint density at radius 2 is 1.78 bits per heavy atom. The molecular weight excluding hydrogens is 404 g/mol. The number of amides is 3. The number of nitrogens with zero attached hydrogens (tertiary/aromatic N) is 1. The summed E-state index contributed by atoms with van der Waals surface area (Å²) >= 11 is 0. The Kier molecular flexibility index (Phi) is 5.91. The molecule has 0 aliphatic carbocycles. The molecule has 2 aromatic rings. The zero-order chi connectivity index (χ0) is 22.9. The Morgan fingerprint density at radius 1 is 1.06 bits per heavy atom. The van der Waals surface area contributed by atoms with Crippen molar-refractivity contribution < 1.29 is 14.4 Å². The van der Waals surface area contributed by atoms with Gasteiger partial charge in [-0.1, -0.05) is 35.9 Å². The van der Waals surface area contributed by atoms with E-state index < -0.39 is 11.7 Å². The molecule has 2 heterocycles. The maximum Gasteiger partial charge on any atom is 0.255 e. The van der Waals surface area contributed by atoms with E-state index >= 15 is 0 Å². The monoisotopic (exact) mass is 434 g/mol. The molecule has 1 fully saturated rings. The first-order valence-corrected chi connectivity index (χ1v) is 11.1. The zero-order valence-electron chi connectivity index (χ0n) is 18.8. The lowest BCUT2D eigenvalue weighted by Crippen LogP contribution is -2.58. The fourth-order valence-corrected chi connectivity index (χ4v) is 4.40. The van der Waals surface area contributed by atoms with E-state index in [0.717, 1.165) is 16.8 Å². The van der Waals surface area contributed by atoms with Crippen LogP contribution in [0.4, 0.5) is 5.69 Å². The number of rotatable bonds is 4. The van der Waals surface area contributed by atoms with Crippen LogP contribution in [-0.2, 0) is 16.1 Å². The van der Waals surface area contributed by atoms with Crippen LogP contribution in [0.2, 0.25) is 0 Å². The van der Waals surface area contributed by atoms with Gasteiger partial charge in [-0.2, -0.15) is 0 Å². The molecule has 2 atom stereocenters. The van der Waals surface area contributed by atoms with Gasteiger partial charge in [-0.15, -0.1) is 0 Å². The fourth-order valence-electron chi connectivity index (χ4n) is 4.40. The Hall–Kier alpha value is -3.35. The second kappa shape index (κ2) is 8.65. The minimum absolute atomic E-state index is 0.0778. The molecule has 0 aromatic heterocycles. The van der Waals surface area contributed by atoms with E-state index in [1.165, 1.54) is 5.56 Å². The summed E-state index contributed by atoms with van der Waals surface area (Å²) in [5, 5.41) is 9.49. The number of hydrogen-bond acceptors (Lipinski definition) is 4. The summed E-state index contributed by atoms with van der Waals surface area (Å²) < 4.78 is 0. The molecule has 1 saturated heterocycles. The van der Waals surface area contributed by atoms with E-state index in [-0.39, 0.29) is 24.1 Å². The molecule has 3 N–H and O–H groups in total. The summed E-state index contributed by atoms with van der Waals surface area (Å²) in [6.45, 7) is 6.56. The molecule has 2 aliphatic heterocycles. The van der Waals surface area contributed by atoms with Gasteiger partial charge in [0.15, 0.2) is 0 Å². The predicted octanol–water partition coefficient (Wildman–Crippen LogP) is 2.87. The second-order valence-corrected chi connectivity index (χ2v) is 8.93. The molecule has 2 aromatic carbocycles. The van der Waals surface area contributed by atoms with Crippen LogP contribution in [0.15, 0.2) is 42.5 Å². The first kappa shape index (κ1) is 21.9. The number of aryl methyl sites for hydroxylation is 2. The van der Waals surface area contributed by atoms with Crippen LogP contribution in [0.3, 0.4) is 0 Å².